The molecule has 25 heavy (non-hydrogen) atoms. The Morgan fingerprint density at radius 3 is 2.48 bits per heavy atom. The fourth-order valence-electron chi connectivity index (χ4n) is 3.66. The maximum absolute atomic E-state index is 12.1. The van der Waals surface area contributed by atoms with Crippen molar-refractivity contribution in [2.24, 2.45) is 5.73 Å². The minimum Gasteiger partial charge on any atom is -0.364 e. The van der Waals surface area contributed by atoms with Crippen molar-refractivity contribution in [2.45, 2.75) is 24.7 Å². The number of hydrogen-bond donors (Lipinski definition) is 1. The third kappa shape index (κ3) is 2.20. The number of hydrogen-bond acceptors (Lipinski definition) is 4. The molecule has 0 saturated heterocycles. The Labute approximate surface area is 143 Å². The van der Waals surface area contributed by atoms with Crippen molar-refractivity contribution in [2.75, 3.05) is 0 Å². The number of pyridine rings is 1. The Morgan fingerprint density at radius 1 is 1.20 bits per heavy atom. The number of non-ortho nitro benzene ring substituents is 1. The number of aromatic nitrogens is 2. The zero-order valence-corrected chi connectivity index (χ0v) is 13.4. The molecular weight excluding hydrogens is 320 g/mol. The van der Waals surface area contributed by atoms with Crippen LogP contribution in [0.2, 0.25) is 0 Å². The Morgan fingerprint density at radius 2 is 1.92 bits per heavy atom. The Kier molecular flexibility index (Phi) is 3.31. The number of primary amides is 1. The lowest BCUT2D eigenvalue weighted by Gasteiger charge is -2.41. The van der Waals surface area contributed by atoms with Gasteiger partial charge in [-0.25, -0.2) is 4.98 Å². The number of carbonyl (C=O) groups is 1. The molecule has 1 amide bonds. The Bertz CT molecular complexity index is 987. The fraction of sp³-hybridized carbons (Fsp3) is 0.222. The van der Waals surface area contributed by atoms with E-state index in [-0.39, 0.29) is 5.69 Å². The summed E-state index contributed by atoms with van der Waals surface area (Å²) in [4.78, 5) is 27.3. The van der Waals surface area contributed by atoms with Gasteiger partial charge in [-0.2, -0.15) is 0 Å². The largest absolute Gasteiger partial charge is 0.364 e. The van der Waals surface area contributed by atoms with E-state index >= 15 is 0 Å². The molecule has 0 unspecified atom stereocenters. The van der Waals surface area contributed by atoms with E-state index in [1.807, 2.05) is 18.2 Å². The van der Waals surface area contributed by atoms with Crippen molar-refractivity contribution in [1.29, 1.82) is 0 Å². The van der Waals surface area contributed by atoms with Crippen molar-refractivity contribution >= 4 is 17.2 Å². The summed E-state index contributed by atoms with van der Waals surface area (Å²) >= 11 is 0. The van der Waals surface area contributed by atoms with Crippen LogP contribution in [0, 0.1) is 10.1 Å². The molecule has 1 aliphatic carbocycles. The number of rotatable bonds is 4. The van der Waals surface area contributed by atoms with Gasteiger partial charge in [0.1, 0.15) is 11.3 Å². The summed E-state index contributed by atoms with van der Waals surface area (Å²) in [5, 5.41) is 10.9. The normalized spacial score (nSPS) is 15.7. The van der Waals surface area contributed by atoms with Gasteiger partial charge in [-0.1, -0.05) is 24.6 Å². The van der Waals surface area contributed by atoms with Crippen LogP contribution in [0.4, 0.5) is 5.69 Å². The lowest BCUT2D eigenvalue weighted by Crippen LogP contribution is -2.38. The maximum Gasteiger partial charge on any atom is 0.269 e. The van der Waals surface area contributed by atoms with Crippen molar-refractivity contribution in [3.8, 4) is 0 Å². The van der Waals surface area contributed by atoms with Crippen molar-refractivity contribution in [3.63, 3.8) is 0 Å². The van der Waals surface area contributed by atoms with Crippen molar-refractivity contribution in [3.05, 3.63) is 75.7 Å². The first-order valence-electron chi connectivity index (χ1n) is 8.05. The van der Waals surface area contributed by atoms with E-state index in [4.69, 9.17) is 10.7 Å². The topological polar surface area (TPSA) is 104 Å². The van der Waals surface area contributed by atoms with Gasteiger partial charge < -0.3 is 5.73 Å². The number of imidazole rings is 1. The van der Waals surface area contributed by atoms with Crippen molar-refractivity contribution in [1.82, 2.24) is 9.38 Å². The molecule has 4 rings (SSSR count). The standard InChI is InChI=1S/C18H16N4O3/c19-17(23)15-16(20-14-4-1-2-11-21(14)15)18(9-3-10-18)12-5-7-13(8-6-12)22(24)25/h1-2,4-8,11H,3,9-10H2,(H2,19,23). The summed E-state index contributed by atoms with van der Waals surface area (Å²) in [6.45, 7) is 0. The molecule has 3 aromatic rings. The highest BCUT2D eigenvalue weighted by Crippen LogP contribution is 2.49. The van der Waals surface area contributed by atoms with E-state index in [2.05, 4.69) is 0 Å². The summed E-state index contributed by atoms with van der Waals surface area (Å²) in [6, 6.07) is 12.0. The number of nitrogens with two attached hydrogens (primary N) is 1. The average molecular weight is 336 g/mol. The smallest absolute Gasteiger partial charge is 0.269 e. The average Bonchev–Trinajstić information content (AvgIpc) is 2.94. The molecule has 1 fully saturated rings. The van der Waals surface area contributed by atoms with Crippen LogP contribution in [0.1, 0.15) is 41.0 Å². The molecule has 0 atom stereocenters. The number of benzene rings is 1. The van der Waals surface area contributed by atoms with Crippen LogP contribution in [0.3, 0.4) is 0 Å². The molecule has 0 radical (unpaired) electrons. The van der Waals surface area contributed by atoms with E-state index in [1.165, 1.54) is 12.1 Å². The van der Waals surface area contributed by atoms with Crippen LogP contribution in [0.15, 0.2) is 48.7 Å². The molecule has 0 bridgehead atoms. The van der Waals surface area contributed by atoms with Crippen LogP contribution in [-0.4, -0.2) is 20.2 Å². The van der Waals surface area contributed by atoms with Gasteiger partial charge in [0, 0.05) is 23.7 Å². The summed E-state index contributed by atoms with van der Waals surface area (Å²) in [5.74, 6) is -0.526. The zero-order chi connectivity index (χ0) is 17.6. The van der Waals surface area contributed by atoms with Gasteiger partial charge >= 0.3 is 0 Å². The molecule has 0 aliphatic heterocycles. The number of nitro groups is 1. The van der Waals surface area contributed by atoms with E-state index < -0.39 is 16.2 Å². The predicted molar refractivity (Wildman–Crippen MR) is 91.4 cm³/mol. The molecule has 7 nitrogen and oxygen atoms in total. The van der Waals surface area contributed by atoms with Gasteiger partial charge in [-0.3, -0.25) is 19.3 Å². The fourth-order valence-corrected chi connectivity index (χ4v) is 3.66. The third-order valence-electron chi connectivity index (χ3n) is 5.05. The Balaban J connectivity index is 1.91. The maximum atomic E-state index is 12.1. The SMILES string of the molecule is NC(=O)c1c(C2(c3ccc([N+](=O)[O-])cc3)CCC2)nc2ccccn12. The number of amides is 1. The van der Waals surface area contributed by atoms with Crippen LogP contribution in [-0.2, 0) is 5.41 Å². The van der Waals surface area contributed by atoms with E-state index in [1.54, 1.807) is 22.7 Å². The highest BCUT2D eigenvalue weighted by Gasteiger charge is 2.45. The van der Waals surface area contributed by atoms with Gasteiger partial charge in [0.2, 0.25) is 0 Å². The molecule has 1 saturated carbocycles. The first-order chi connectivity index (χ1) is 12.0. The number of nitro benzene ring substituents is 1. The number of carbonyl (C=O) groups excluding carboxylic acids is 1. The highest BCUT2D eigenvalue weighted by atomic mass is 16.6. The lowest BCUT2D eigenvalue weighted by molar-refractivity contribution is -0.384. The molecular formula is C18H16N4O3. The van der Waals surface area contributed by atoms with E-state index in [9.17, 15) is 14.9 Å². The molecule has 126 valence electrons. The van der Waals surface area contributed by atoms with Crippen LogP contribution >= 0.6 is 0 Å². The molecule has 1 aromatic carbocycles. The van der Waals surface area contributed by atoms with Crippen LogP contribution in [0.5, 0.6) is 0 Å². The van der Waals surface area contributed by atoms with E-state index in [0.29, 0.717) is 17.0 Å². The van der Waals surface area contributed by atoms with Crippen LogP contribution in [0.25, 0.3) is 5.65 Å². The summed E-state index contributed by atoms with van der Waals surface area (Å²) in [7, 11) is 0. The number of nitrogens with zero attached hydrogens (tertiary/aromatic N) is 3. The van der Waals surface area contributed by atoms with Gasteiger partial charge in [-0.05, 0) is 30.5 Å². The summed E-state index contributed by atoms with van der Waals surface area (Å²) in [6.07, 6.45) is 4.43. The molecule has 2 N–H and O–H groups in total. The van der Waals surface area contributed by atoms with E-state index in [0.717, 1.165) is 24.8 Å². The summed E-state index contributed by atoms with van der Waals surface area (Å²) < 4.78 is 1.71. The number of fused-ring (bicyclic) bond motifs is 1. The highest BCUT2D eigenvalue weighted by molar-refractivity contribution is 5.94. The zero-order valence-electron chi connectivity index (χ0n) is 13.4. The molecule has 2 heterocycles. The monoisotopic (exact) mass is 336 g/mol. The van der Waals surface area contributed by atoms with Gasteiger partial charge in [-0.15, -0.1) is 0 Å². The Hall–Kier alpha value is -3.22. The lowest BCUT2D eigenvalue weighted by atomic mass is 9.62. The van der Waals surface area contributed by atoms with Crippen LogP contribution < -0.4 is 5.73 Å². The van der Waals surface area contributed by atoms with Crippen molar-refractivity contribution < 1.29 is 9.72 Å². The molecule has 0 spiro atoms. The van der Waals surface area contributed by atoms with Gasteiger partial charge in [0.15, 0.2) is 0 Å². The predicted octanol–water partition coefficient (Wildman–Crippen LogP) is 2.81. The second-order valence-corrected chi connectivity index (χ2v) is 6.34. The minimum absolute atomic E-state index is 0.0448. The quantitative estimate of drug-likeness (QED) is 0.584. The first-order valence-corrected chi connectivity index (χ1v) is 8.05. The molecule has 2 aromatic heterocycles. The molecule has 1 aliphatic rings. The molecule has 7 heteroatoms. The first kappa shape index (κ1) is 15.3. The van der Waals surface area contributed by atoms with Gasteiger partial charge in [0.25, 0.3) is 11.6 Å². The summed E-state index contributed by atoms with van der Waals surface area (Å²) in [5.41, 5.74) is 7.91. The third-order valence-corrected chi connectivity index (χ3v) is 5.05. The van der Waals surface area contributed by atoms with Gasteiger partial charge in [0.05, 0.1) is 10.6 Å². The second kappa shape index (κ2) is 5.41. The second-order valence-electron chi connectivity index (χ2n) is 6.34. The minimum atomic E-state index is -0.526.